The number of hydrogen-bond donors (Lipinski definition) is 0. The van der Waals surface area contributed by atoms with E-state index in [2.05, 4.69) is 177 Å². The molecule has 0 aromatic heterocycles. The number of allylic oxidation sites excluding steroid dienone is 2. The molecule has 2 aliphatic carbocycles. The predicted molar refractivity (Wildman–Crippen MR) is 195 cm³/mol. The SMILES string of the molecule is CC1=C(C)[CH]([Zr](=[C](c2ccccc2)c2ccccc2)[CH]2c3cc(C(C)(C)C)ccc3-c3ccc(C(C)(C)C)cc32)c2ccccc21. The second-order valence-corrected chi connectivity index (χ2v) is 21.7. The van der Waals surface area contributed by atoms with Crippen molar-refractivity contribution in [3.05, 3.63) is 171 Å². The van der Waals surface area contributed by atoms with E-state index >= 15 is 0 Å². The number of rotatable bonds is 4. The van der Waals surface area contributed by atoms with Crippen molar-refractivity contribution in [2.75, 3.05) is 0 Å². The summed E-state index contributed by atoms with van der Waals surface area (Å²) in [6.07, 6.45) is 0. The zero-order chi connectivity index (χ0) is 32.4. The molecule has 0 saturated heterocycles. The molecular weight excluding hydrogens is 632 g/mol. The summed E-state index contributed by atoms with van der Waals surface area (Å²) < 4.78 is 2.45. The van der Waals surface area contributed by atoms with Crippen molar-refractivity contribution in [2.45, 2.75) is 73.5 Å². The van der Waals surface area contributed by atoms with Gasteiger partial charge in [-0.05, 0) is 0 Å². The van der Waals surface area contributed by atoms with Crippen LogP contribution in [0.5, 0.6) is 0 Å². The molecule has 5 aromatic carbocycles. The minimum absolute atomic E-state index is 0.0756. The van der Waals surface area contributed by atoms with Crippen LogP contribution in [-0.2, 0) is 32.1 Å². The van der Waals surface area contributed by atoms with Gasteiger partial charge >= 0.3 is 286 Å². The third-order valence-corrected chi connectivity index (χ3v) is 19.7. The Bertz CT molecular complexity index is 1900. The molecule has 0 nitrogen and oxygen atoms in total. The van der Waals surface area contributed by atoms with Gasteiger partial charge in [-0.3, -0.25) is 0 Å². The summed E-state index contributed by atoms with van der Waals surface area (Å²) in [6, 6.07) is 47.0. The fourth-order valence-electron chi connectivity index (χ4n) is 7.85. The van der Waals surface area contributed by atoms with Crippen LogP contribution in [0.3, 0.4) is 0 Å². The van der Waals surface area contributed by atoms with E-state index in [9.17, 15) is 0 Å². The molecule has 0 bridgehead atoms. The molecule has 0 fully saturated rings. The standard InChI is InChI=1S/C21H25.C13H10.C11H11.Zr/c1-20(2,3)16-7-9-18-14(12-16)11-15-13-17(21(4,5)6)8-10-19(15)18;1-3-7-12(8-4-1)11-13-9-5-2-6-10-13;1-8-7-10-5-3-4-6-11(10)9(8)2;/h7-13H,1-6H3;1-10H;3-7H,1-2H3;. The Labute approximate surface area is 284 Å². The molecule has 0 radical (unpaired) electrons. The summed E-state index contributed by atoms with van der Waals surface area (Å²) in [7, 11) is 0. The average Bonchev–Trinajstić information content (AvgIpc) is 3.50. The summed E-state index contributed by atoms with van der Waals surface area (Å²) in [6.45, 7) is 19.0. The normalized spacial score (nSPS) is 15.9. The van der Waals surface area contributed by atoms with E-state index < -0.39 is 21.3 Å². The third kappa shape index (κ3) is 5.30. The molecule has 0 N–H and O–H groups in total. The van der Waals surface area contributed by atoms with Crippen LogP contribution < -0.4 is 0 Å². The topological polar surface area (TPSA) is 0 Å². The Morgan fingerprint density at radius 3 is 1.41 bits per heavy atom. The van der Waals surface area contributed by atoms with E-state index in [0.717, 1.165) is 0 Å². The minimum atomic E-state index is -2.91. The van der Waals surface area contributed by atoms with Gasteiger partial charge in [0, 0.05) is 0 Å². The van der Waals surface area contributed by atoms with Crippen LogP contribution in [-0.4, -0.2) is 3.21 Å². The van der Waals surface area contributed by atoms with Gasteiger partial charge in [-0.15, -0.1) is 0 Å². The molecule has 1 heteroatoms. The van der Waals surface area contributed by atoms with E-state index in [1.54, 1.807) is 25.5 Å². The van der Waals surface area contributed by atoms with Crippen molar-refractivity contribution in [1.29, 1.82) is 0 Å². The van der Waals surface area contributed by atoms with Crippen LogP contribution in [0.4, 0.5) is 0 Å². The van der Waals surface area contributed by atoms with Gasteiger partial charge < -0.3 is 0 Å². The van der Waals surface area contributed by atoms with Gasteiger partial charge in [0.15, 0.2) is 0 Å². The van der Waals surface area contributed by atoms with Gasteiger partial charge in [-0.2, -0.15) is 0 Å². The van der Waals surface area contributed by atoms with Gasteiger partial charge in [-0.1, -0.05) is 0 Å². The fourth-order valence-corrected chi connectivity index (χ4v) is 18.5. The molecule has 46 heavy (non-hydrogen) atoms. The molecule has 5 aromatic rings. The fraction of sp³-hybridized carbons (Fsp3) is 0.267. The molecule has 1 atom stereocenters. The first-order chi connectivity index (χ1) is 21.9. The van der Waals surface area contributed by atoms with Crippen LogP contribution in [0.25, 0.3) is 16.7 Å². The van der Waals surface area contributed by atoms with Crippen molar-refractivity contribution < 1.29 is 21.3 Å². The zero-order valence-electron chi connectivity index (χ0n) is 28.7. The zero-order valence-corrected chi connectivity index (χ0v) is 31.2. The van der Waals surface area contributed by atoms with E-state index in [1.165, 1.54) is 44.5 Å². The van der Waals surface area contributed by atoms with Gasteiger partial charge in [0.25, 0.3) is 0 Å². The Morgan fingerprint density at radius 2 is 0.935 bits per heavy atom. The Kier molecular flexibility index (Phi) is 7.93. The Morgan fingerprint density at radius 1 is 0.478 bits per heavy atom. The molecule has 0 aliphatic heterocycles. The van der Waals surface area contributed by atoms with Crippen LogP contribution >= 0.6 is 0 Å². The van der Waals surface area contributed by atoms with Crippen LogP contribution in [0, 0.1) is 0 Å². The summed E-state index contributed by atoms with van der Waals surface area (Å²) in [5, 5.41) is 0. The summed E-state index contributed by atoms with van der Waals surface area (Å²) in [5.74, 6) is 0. The third-order valence-electron chi connectivity index (χ3n) is 10.5. The number of fused-ring (bicyclic) bond motifs is 4. The molecule has 0 saturated carbocycles. The molecule has 2 aliphatic rings. The molecular formula is C45H46Zr. The van der Waals surface area contributed by atoms with Gasteiger partial charge in [0.2, 0.25) is 0 Å². The van der Waals surface area contributed by atoms with Crippen molar-refractivity contribution >= 4 is 8.78 Å². The van der Waals surface area contributed by atoms with Crippen LogP contribution in [0.2, 0.25) is 0 Å². The molecule has 0 amide bonds. The second-order valence-electron chi connectivity index (χ2n) is 15.4. The first-order valence-electron chi connectivity index (χ1n) is 16.9. The molecule has 0 heterocycles. The number of hydrogen-bond acceptors (Lipinski definition) is 0. The van der Waals surface area contributed by atoms with Crippen LogP contribution in [0.1, 0.15) is 107 Å². The molecule has 230 valence electrons. The van der Waals surface area contributed by atoms with E-state index in [1.807, 2.05) is 0 Å². The van der Waals surface area contributed by atoms with E-state index in [4.69, 9.17) is 0 Å². The van der Waals surface area contributed by atoms with E-state index in [0.29, 0.717) is 7.25 Å². The average molecular weight is 678 g/mol. The Balaban J connectivity index is 1.66. The van der Waals surface area contributed by atoms with Crippen molar-refractivity contribution in [2.24, 2.45) is 0 Å². The molecule has 7 rings (SSSR count). The van der Waals surface area contributed by atoms with Crippen molar-refractivity contribution in [1.82, 2.24) is 0 Å². The monoisotopic (exact) mass is 676 g/mol. The van der Waals surface area contributed by atoms with E-state index in [-0.39, 0.29) is 10.8 Å². The molecule has 1 unspecified atom stereocenters. The number of benzene rings is 5. The van der Waals surface area contributed by atoms with Gasteiger partial charge in [-0.25, -0.2) is 0 Å². The molecule has 0 spiro atoms. The summed E-state index contributed by atoms with van der Waals surface area (Å²) in [4.78, 5) is 0. The second kappa shape index (κ2) is 11.7. The van der Waals surface area contributed by atoms with Crippen LogP contribution in [0.15, 0.2) is 127 Å². The maximum absolute atomic E-state index is 2.91. The van der Waals surface area contributed by atoms with Crippen molar-refractivity contribution in [3.63, 3.8) is 0 Å². The maximum atomic E-state index is 2.61. The summed E-state index contributed by atoms with van der Waals surface area (Å²) in [5.41, 5.74) is 17.9. The summed E-state index contributed by atoms with van der Waals surface area (Å²) >= 11 is -2.91. The first kappa shape index (κ1) is 31.2. The van der Waals surface area contributed by atoms with Crippen molar-refractivity contribution in [3.8, 4) is 11.1 Å². The first-order valence-corrected chi connectivity index (χ1v) is 20.9. The quantitative estimate of drug-likeness (QED) is 0.178. The van der Waals surface area contributed by atoms with Gasteiger partial charge in [0.1, 0.15) is 0 Å². The predicted octanol–water partition coefficient (Wildman–Crippen LogP) is 11.8. The Hall–Kier alpha value is -3.41. The van der Waals surface area contributed by atoms with Gasteiger partial charge in [0.05, 0.1) is 0 Å².